The third kappa shape index (κ3) is 2.57. The largest absolute Gasteiger partial charge is 0.261 e. The zero-order valence-electron chi connectivity index (χ0n) is 10.2. The number of hydrogen-bond acceptors (Lipinski definition) is 4. The van der Waals surface area contributed by atoms with Gasteiger partial charge < -0.3 is 0 Å². The first-order chi connectivity index (χ1) is 9.43. The van der Waals surface area contributed by atoms with Gasteiger partial charge in [-0.3, -0.25) is 10.4 Å². The van der Waals surface area contributed by atoms with Crippen molar-refractivity contribution in [1.29, 1.82) is 0 Å². The molecule has 3 rings (SSSR count). The summed E-state index contributed by atoms with van der Waals surface area (Å²) < 4.78 is 0. The third-order valence-corrected chi connectivity index (χ3v) is 2.74. The van der Waals surface area contributed by atoms with Crippen LogP contribution in [0, 0.1) is 0 Å². The highest BCUT2D eigenvalue weighted by molar-refractivity contribution is 5.97. The van der Waals surface area contributed by atoms with Gasteiger partial charge in [-0.2, -0.15) is 5.10 Å². The molecule has 19 heavy (non-hydrogen) atoms. The fourth-order valence-electron chi connectivity index (χ4n) is 1.83. The van der Waals surface area contributed by atoms with Crippen LogP contribution in [0.2, 0.25) is 0 Å². The van der Waals surface area contributed by atoms with Gasteiger partial charge in [0.15, 0.2) is 0 Å². The molecule has 0 aliphatic heterocycles. The van der Waals surface area contributed by atoms with Gasteiger partial charge in [0.05, 0.1) is 11.9 Å². The summed E-state index contributed by atoms with van der Waals surface area (Å²) in [5.74, 6) is 0.707. The van der Waals surface area contributed by atoms with E-state index in [1.54, 1.807) is 18.6 Å². The molecule has 2 heterocycles. The maximum atomic E-state index is 4.33. The minimum absolute atomic E-state index is 0.707. The molecule has 4 heteroatoms. The second kappa shape index (κ2) is 5.27. The Kier molecular flexibility index (Phi) is 3.14. The molecule has 0 fully saturated rings. The fraction of sp³-hybridized carbons (Fsp3) is 0. The van der Waals surface area contributed by atoms with E-state index in [1.807, 2.05) is 42.5 Å². The summed E-state index contributed by atoms with van der Waals surface area (Å²) in [6, 6.07) is 15.7. The molecule has 92 valence electrons. The summed E-state index contributed by atoms with van der Waals surface area (Å²) >= 11 is 0. The number of rotatable bonds is 3. The van der Waals surface area contributed by atoms with E-state index in [9.17, 15) is 0 Å². The topological polar surface area (TPSA) is 50.2 Å². The van der Waals surface area contributed by atoms with Gasteiger partial charge in [0.25, 0.3) is 0 Å². The predicted octanol–water partition coefficient (Wildman–Crippen LogP) is 3.08. The Morgan fingerprint density at radius 2 is 1.79 bits per heavy atom. The van der Waals surface area contributed by atoms with Crippen molar-refractivity contribution < 1.29 is 0 Å². The molecule has 3 aromatic rings. The van der Waals surface area contributed by atoms with Crippen LogP contribution in [0.25, 0.3) is 10.8 Å². The second-order valence-corrected chi connectivity index (χ2v) is 4.00. The highest BCUT2D eigenvalue weighted by atomic mass is 15.3. The third-order valence-electron chi connectivity index (χ3n) is 2.74. The summed E-state index contributed by atoms with van der Waals surface area (Å²) in [6.45, 7) is 0. The molecule has 1 N–H and O–H groups in total. The van der Waals surface area contributed by atoms with Crippen LogP contribution in [0.3, 0.4) is 0 Å². The number of hydrazone groups is 1. The lowest BCUT2D eigenvalue weighted by Gasteiger charge is -2.01. The van der Waals surface area contributed by atoms with Crippen LogP contribution in [0.5, 0.6) is 0 Å². The number of benzene rings is 1. The van der Waals surface area contributed by atoms with E-state index in [2.05, 4.69) is 26.6 Å². The van der Waals surface area contributed by atoms with Crippen molar-refractivity contribution in [3.63, 3.8) is 0 Å². The van der Waals surface area contributed by atoms with E-state index in [0.29, 0.717) is 5.82 Å². The van der Waals surface area contributed by atoms with Crippen LogP contribution in [0.1, 0.15) is 5.69 Å². The number of anilines is 1. The molecule has 4 nitrogen and oxygen atoms in total. The van der Waals surface area contributed by atoms with Crippen LogP contribution in [0.4, 0.5) is 5.82 Å². The lowest BCUT2D eigenvalue weighted by Crippen LogP contribution is -1.95. The zero-order valence-corrected chi connectivity index (χ0v) is 10.2. The van der Waals surface area contributed by atoms with E-state index in [-0.39, 0.29) is 0 Å². The lowest BCUT2D eigenvalue weighted by molar-refractivity contribution is 1.22. The molecule has 0 radical (unpaired) electrons. The molecule has 0 aliphatic rings. The number of fused-ring (bicyclic) bond motifs is 1. The summed E-state index contributed by atoms with van der Waals surface area (Å²) in [5, 5.41) is 6.39. The molecule has 0 saturated carbocycles. The number of pyridine rings is 2. The van der Waals surface area contributed by atoms with Crippen LogP contribution >= 0.6 is 0 Å². The molecule has 0 amide bonds. The number of nitrogens with zero attached hydrogens (tertiary/aromatic N) is 3. The monoisotopic (exact) mass is 248 g/mol. The van der Waals surface area contributed by atoms with Crippen molar-refractivity contribution in [2.75, 3.05) is 5.43 Å². The Morgan fingerprint density at radius 3 is 2.68 bits per heavy atom. The lowest BCUT2D eigenvalue weighted by atomic mass is 10.1. The van der Waals surface area contributed by atoms with Crippen LogP contribution < -0.4 is 5.43 Å². The summed E-state index contributed by atoms with van der Waals surface area (Å²) in [6.07, 6.45) is 5.20. The molecule has 0 bridgehead atoms. The summed E-state index contributed by atoms with van der Waals surface area (Å²) in [4.78, 5) is 8.46. The Labute approximate surface area is 110 Å². The van der Waals surface area contributed by atoms with Crippen LogP contribution in [0.15, 0.2) is 66.0 Å². The summed E-state index contributed by atoms with van der Waals surface area (Å²) in [7, 11) is 0. The van der Waals surface area contributed by atoms with Crippen molar-refractivity contribution in [2.45, 2.75) is 0 Å². The minimum atomic E-state index is 0.707. The van der Waals surface area contributed by atoms with Gasteiger partial charge in [0.2, 0.25) is 0 Å². The van der Waals surface area contributed by atoms with E-state index >= 15 is 0 Å². The van der Waals surface area contributed by atoms with Gasteiger partial charge in [-0.1, -0.05) is 30.3 Å². The van der Waals surface area contributed by atoms with Crippen molar-refractivity contribution in [1.82, 2.24) is 9.97 Å². The van der Waals surface area contributed by atoms with Crippen molar-refractivity contribution in [3.05, 3.63) is 66.6 Å². The number of hydrogen-bond donors (Lipinski definition) is 1. The van der Waals surface area contributed by atoms with Crippen molar-refractivity contribution >= 4 is 22.8 Å². The first kappa shape index (κ1) is 11.3. The standard InChI is InChI=1S/C15H12N4/c1-2-6-13-12(5-1)8-10-16-14(13)11-18-19-15-7-3-4-9-17-15/h1-11H,(H,17,19). The molecule has 0 aliphatic carbocycles. The highest BCUT2D eigenvalue weighted by Gasteiger charge is 1.98. The maximum Gasteiger partial charge on any atom is 0.146 e. The minimum Gasteiger partial charge on any atom is -0.261 e. The quantitative estimate of drug-likeness (QED) is 0.572. The average molecular weight is 248 g/mol. The van der Waals surface area contributed by atoms with Gasteiger partial charge >= 0.3 is 0 Å². The molecule has 0 spiro atoms. The van der Waals surface area contributed by atoms with E-state index in [0.717, 1.165) is 16.5 Å². The van der Waals surface area contributed by atoms with Crippen molar-refractivity contribution in [3.8, 4) is 0 Å². The first-order valence-electron chi connectivity index (χ1n) is 5.97. The molecule has 0 unspecified atom stereocenters. The second-order valence-electron chi connectivity index (χ2n) is 4.00. The van der Waals surface area contributed by atoms with Gasteiger partial charge in [0.1, 0.15) is 5.82 Å². The highest BCUT2D eigenvalue weighted by Crippen LogP contribution is 2.14. The number of nitrogens with one attached hydrogen (secondary N) is 1. The first-order valence-corrected chi connectivity index (χ1v) is 5.97. The molecule has 0 atom stereocenters. The van der Waals surface area contributed by atoms with Crippen LogP contribution in [-0.2, 0) is 0 Å². The van der Waals surface area contributed by atoms with Gasteiger partial charge in [-0.25, -0.2) is 4.98 Å². The average Bonchev–Trinajstić information content (AvgIpc) is 2.49. The smallest absolute Gasteiger partial charge is 0.146 e. The Balaban J connectivity index is 1.85. The Morgan fingerprint density at radius 1 is 0.895 bits per heavy atom. The van der Waals surface area contributed by atoms with Gasteiger partial charge in [-0.15, -0.1) is 0 Å². The normalized spacial score (nSPS) is 10.9. The van der Waals surface area contributed by atoms with E-state index < -0.39 is 0 Å². The number of aromatic nitrogens is 2. The molecular formula is C15H12N4. The SMILES string of the molecule is C(=NNc1ccccn1)c1nccc2ccccc12. The van der Waals surface area contributed by atoms with E-state index in [4.69, 9.17) is 0 Å². The zero-order chi connectivity index (χ0) is 12.9. The molecular weight excluding hydrogens is 236 g/mol. The Bertz CT molecular complexity index is 702. The molecule has 2 aromatic heterocycles. The fourth-order valence-corrected chi connectivity index (χ4v) is 1.83. The summed E-state index contributed by atoms with van der Waals surface area (Å²) in [5.41, 5.74) is 3.71. The maximum absolute atomic E-state index is 4.33. The van der Waals surface area contributed by atoms with E-state index in [1.165, 1.54) is 0 Å². The van der Waals surface area contributed by atoms with Gasteiger partial charge in [0, 0.05) is 17.8 Å². The predicted molar refractivity (Wildman–Crippen MR) is 77.2 cm³/mol. The van der Waals surface area contributed by atoms with Gasteiger partial charge in [-0.05, 0) is 23.6 Å². The van der Waals surface area contributed by atoms with Crippen LogP contribution in [-0.4, -0.2) is 16.2 Å². The molecule has 1 aromatic carbocycles. The molecule has 0 saturated heterocycles. The Hall–Kier alpha value is -2.75. The van der Waals surface area contributed by atoms with Crippen molar-refractivity contribution in [2.24, 2.45) is 5.10 Å².